The van der Waals surface area contributed by atoms with Crippen LogP contribution in [0, 0.1) is 0 Å². The lowest BCUT2D eigenvalue weighted by molar-refractivity contribution is -0.121. The normalized spacial score (nSPS) is 16.5. The number of halogens is 1. The molecule has 0 saturated heterocycles. The Balaban J connectivity index is 1.61. The molecule has 2 aromatic rings. The largest absolute Gasteiger partial charge is 0.352 e. The summed E-state index contributed by atoms with van der Waals surface area (Å²) < 4.78 is 25.3. The summed E-state index contributed by atoms with van der Waals surface area (Å²) in [7, 11) is -3.66. The molecular formula is C20H21ClN2O4S2. The molecule has 0 aromatic heterocycles. The first-order chi connectivity index (χ1) is 13.7. The monoisotopic (exact) mass is 452 g/mol. The van der Waals surface area contributed by atoms with Gasteiger partial charge in [0.25, 0.3) is 0 Å². The molecule has 6 nitrogen and oxygen atoms in total. The van der Waals surface area contributed by atoms with Gasteiger partial charge in [0.1, 0.15) is 0 Å². The fraction of sp³-hybridized carbons (Fsp3) is 0.300. The second-order valence-corrected chi connectivity index (χ2v) is 10.8. The maximum Gasteiger partial charge on any atom is 0.225 e. The van der Waals surface area contributed by atoms with Crippen molar-refractivity contribution in [2.75, 3.05) is 11.1 Å². The van der Waals surface area contributed by atoms with Crippen LogP contribution >= 0.6 is 23.4 Å². The van der Waals surface area contributed by atoms with Crippen molar-refractivity contribution in [3.05, 3.63) is 53.1 Å². The molecule has 0 bridgehead atoms. The summed E-state index contributed by atoms with van der Waals surface area (Å²) in [6.07, 6.45) is 0.223. The van der Waals surface area contributed by atoms with Crippen molar-refractivity contribution in [2.45, 2.75) is 41.4 Å². The van der Waals surface area contributed by atoms with Crippen LogP contribution in [0.25, 0.3) is 0 Å². The quantitative estimate of drug-likeness (QED) is 0.698. The van der Waals surface area contributed by atoms with E-state index in [9.17, 15) is 18.0 Å². The molecule has 1 atom stereocenters. The molecule has 0 saturated carbocycles. The highest BCUT2D eigenvalue weighted by Crippen LogP contribution is 2.36. The molecule has 3 rings (SSSR count). The van der Waals surface area contributed by atoms with E-state index in [2.05, 4.69) is 10.6 Å². The summed E-state index contributed by atoms with van der Waals surface area (Å²) >= 11 is 7.35. The highest BCUT2D eigenvalue weighted by atomic mass is 35.5. The van der Waals surface area contributed by atoms with E-state index < -0.39 is 9.84 Å². The molecule has 1 heterocycles. The number of carbonyl (C=O) groups excluding carboxylic acids is 2. The van der Waals surface area contributed by atoms with Gasteiger partial charge in [0.15, 0.2) is 9.84 Å². The maximum atomic E-state index is 12.7. The molecule has 154 valence electrons. The third kappa shape index (κ3) is 5.98. The predicted octanol–water partition coefficient (Wildman–Crippen LogP) is 3.64. The lowest BCUT2D eigenvalue weighted by atomic mass is 10.2. The SMILES string of the molecule is C[C@@H]1CC(=O)Nc2cc(S(=O)(=O)CCC(=O)NCc3ccc(Cl)cc3)ccc2S1. The summed E-state index contributed by atoms with van der Waals surface area (Å²) in [4.78, 5) is 24.9. The molecule has 1 aliphatic heterocycles. The van der Waals surface area contributed by atoms with Crippen LogP contribution in [0.3, 0.4) is 0 Å². The fourth-order valence-corrected chi connectivity index (χ4v) is 5.30. The molecule has 9 heteroatoms. The van der Waals surface area contributed by atoms with Crippen molar-refractivity contribution in [3.63, 3.8) is 0 Å². The van der Waals surface area contributed by atoms with Crippen LogP contribution in [0.15, 0.2) is 52.3 Å². The Morgan fingerprint density at radius 1 is 1.24 bits per heavy atom. The van der Waals surface area contributed by atoms with Crippen molar-refractivity contribution < 1.29 is 18.0 Å². The highest BCUT2D eigenvalue weighted by Gasteiger charge is 2.22. The van der Waals surface area contributed by atoms with Crippen LogP contribution in [-0.4, -0.2) is 31.2 Å². The van der Waals surface area contributed by atoms with Gasteiger partial charge in [0.05, 0.1) is 16.3 Å². The van der Waals surface area contributed by atoms with E-state index in [0.717, 1.165) is 10.5 Å². The van der Waals surface area contributed by atoms with Gasteiger partial charge in [-0.1, -0.05) is 30.7 Å². The zero-order valence-electron chi connectivity index (χ0n) is 15.8. The van der Waals surface area contributed by atoms with E-state index in [1.807, 2.05) is 6.92 Å². The standard InChI is InChI=1S/C20H21ClN2O4S2/c1-13-10-20(25)23-17-11-16(6-7-18(17)28-13)29(26,27)9-8-19(24)22-12-14-2-4-15(21)5-3-14/h2-7,11,13H,8-10,12H2,1H3,(H,22,24)(H,23,25)/t13-/m1/s1. The number of fused-ring (bicyclic) bond motifs is 1. The fourth-order valence-electron chi connectivity index (χ4n) is 2.86. The number of anilines is 1. The van der Waals surface area contributed by atoms with Crippen LogP contribution in [0.4, 0.5) is 5.69 Å². The molecule has 0 fully saturated rings. The molecule has 2 aromatic carbocycles. The minimum absolute atomic E-state index is 0.0946. The zero-order valence-corrected chi connectivity index (χ0v) is 18.2. The van der Waals surface area contributed by atoms with Gasteiger partial charge < -0.3 is 10.6 Å². The lowest BCUT2D eigenvalue weighted by Crippen LogP contribution is -2.25. The number of hydrogen-bond acceptors (Lipinski definition) is 5. The van der Waals surface area contributed by atoms with Gasteiger partial charge in [-0.2, -0.15) is 0 Å². The Morgan fingerprint density at radius 2 is 1.97 bits per heavy atom. The van der Waals surface area contributed by atoms with Crippen molar-refractivity contribution in [1.29, 1.82) is 0 Å². The Kier molecular flexibility index (Phi) is 6.87. The number of amides is 2. The van der Waals surface area contributed by atoms with E-state index in [1.165, 1.54) is 23.9 Å². The van der Waals surface area contributed by atoms with E-state index >= 15 is 0 Å². The third-order valence-electron chi connectivity index (χ3n) is 4.39. The molecular weight excluding hydrogens is 432 g/mol. The number of thioether (sulfide) groups is 1. The van der Waals surface area contributed by atoms with E-state index in [-0.39, 0.29) is 34.1 Å². The maximum absolute atomic E-state index is 12.7. The molecule has 0 radical (unpaired) electrons. The van der Waals surface area contributed by atoms with Crippen LogP contribution in [0.2, 0.25) is 5.02 Å². The molecule has 2 amide bonds. The van der Waals surface area contributed by atoms with E-state index in [4.69, 9.17) is 11.6 Å². The van der Waals surface area contributed by atoms with Crippen LogP contribution in [0.5, 0.6) is 0 Å². The van der Waals surface area contributed by atoms with Crippen molar-refractivity contribution >= 4 is 50.7 Å². The summed E-state index contributed by atoms with van der Waals surface area (Å²) in [6.45, 7) is 2.25. The third-order valence-corrected chi connectivity index (χ3v) is 7.53. The molecule has 29 heavy (non-hydrogen) atoms. The van der Waals surface area contributed by atoms with Crippen LogP contribution < -0.4 is 10.6 Å². The predicted molar refractivity (Wildman–Crippen MR) is 115 cm³/mol. The summed E-state index contributed by atoms with van der Waals surface area (Å²) in [5, 5.41) is 6.19. The van der Waals surface area contributed by atoms with Crippen LogP contribution in [-0.2, 0) is 26.0 Å². The first-order valence-corrected chi connectivity index (χ1v) is 12.0. The van der Waals surface area contributed by atoms with Crippen molar-refractivity contribution in [3.8, 4) is 0 Å². The van der Waals surface area contributed by atoms with Gasteiger partial charge >= 0.3 is 0 Å². The smallest absolute Gasteiger partial charge is 0.225 e. The Hall–Kier alpha value is -2.03. The summed E-state index contributed by atoms with van der Waals surface area (Å²) in [5.74, 6) is -0.800. The topological polar surface area (TPSA) is 92.3 Å². The van der Waals surface area contributed by atoms with Gasteiger partial charge in [0.2, 0.25) is 11.8 Å². The average Bonchev–Trinajstić information content (AvgIpc) is 2.81. The van der Waals surface area contributed by atoms with Gasteiger partial charge in [-0.15, -0.1) is 11.8 Å². The Bertz CT molecular complexity index is 1020. The number of sulfone groups is 1. The van der Waals surface area contributed by atoms with E-state index in [0.29, 0.717) is 23.7 Å². The number of nitrogens with one attached hydrogen (secondary N) is 2. The summed E-state index contributed by atoms with van der Waals surface area (Å²) in [5.41, 5.74) is 1.37. The number of rotatable bonds is 6. The highest BCUT2D eigenvalue weighted by molar-refractivity contribution is 8.00. The van der Waals surface area contributed by atoms with Crippen LogP contribution in [0.1, 0.15) is 25.3 Å². The lowest BCUT2D eigenvalue weighted by Gasteiger charge is -2.11. The first-order valence-electron chi connectivity index (χ1n) is 9.07. The minimum Gasteiger partial charge on any atom is -0.352 e. The number of hydrogen-bond donors (Lipinski definition) is 2. The molecule has 0 unspecified atom stereocenters. The number of benzene rings is 2. The van der Waals surface area contributed by atoms with Gasteiger partial charge in [-0.3, -0.25) is 9.59 Å². The molecule has 1 aliphatic rings. The van der Waals surface area contributed by atoms with Gasteiger partial charge in [0, 0.05) is 34.6 Å². The van der Waals surface area contributed by atoms with Gasteiger partial charge in [-0.25, -0.2) is 8.42 Å². The van der Waals surface area contributed by atoms with Crippen molar-refractivity contribution in [2.24, 2.45) is 0 Å². The van der Waals surface area contributed by atoms with E-state index in [1.54, 1.807) is 30.3 Å². The summed E-state index contributed by atoms with van der Waals surface area (Å²) in [6, 6.07) is 11.7. The second kappa shape index (κ2) is 9.19. The average molecular weight is 453 g/mol. The minimum atomic E-state index is -3.66. The second-order valence-electron chi connectivity index (χ2n) is 6.81. The Labute approximate surface area is 179 Å². The first kappa shape index (κ1) is 21.7. The molecule has 2 N–H and O–H groups in total. The Morgan fingerprint density at radius 3 is 2.69 bits per heavy atom. The number of carbonyl (C=O) groups is 2. The molecule has 0 aliphatic carbocycles. The van der Waals surface area contributed by atoms with Crippen molar-refractivity contribution in [1.82, 2.24) is 5.32 Å². The molecule has 0 spiro atoms. The van der Waals surface area contributed by atoms with Gasteiger partial charge in [-0.05, 0) is 35.9 Å². The zero-order chi connectivity index (χ0) is 21.0.